The third-order valence-corrected chi connectivity index (χ3v) is 6.75. The molecule has 1 aliphatic heterocycles. The van der Waals surface area contributed by atoms with Gasteiger partial charge in [-0.2, -0.15) is 9.97 Å². The van der Waals surface area contributed by atoms with E-state index in [-0.39, 0.29) is 41.0 Å². The van der Waals surface area contributed by atoms with Crippen LogP contribution in [0.3, 0.4) is 0 Å². The largest absolute Gasteiger partial charge is 0.479 e. The maximum absolute atomic E-state index is 13.2. The van der Waals surface area contributed by atoms with Crippen molar-refractivity contribution in [3.63, 3.8) is 0 Å². The summed E-state index contributed by atoms with van der Waals surface area (Å²) >= 11 is 6.17. The van der Waals surface area contributed by atoms with E-state index in [2.05, 4.69) is 31.3 Å². The molecule has 1 aromatic carbocycles. The van der Waals surface area contributed by atoms with Gasteiger partial charge in [0.1, 0.15) is 23.8 Å². The van der Waals surface area contributed by atoms with Crippen molar-refractivity contribution in [1.82, 2.24) is 24.7 Å². The van der Waals surface area contributed by atoms with Gasteiger partial charge in [-0.1, -0.05) is 23.2 Å². The minimum atomic E-state index is -2.25. The number of carboxylic acid groups (broad SMARTS) is 1. The molecule has 1 fully saturated rings. The molecule has 1 saturated heterocycles. The van der Waals surface area contributed by atoms with Crippen LogP contribution in [0.25, 0.3) is 11.2 Å². The number of ether oxygens (including phenoxy) is 2. The highest BCUT2D eigenvalue weighted by molar-refractivity contribution is 6.28. The first-order chi connectivity index (χ1) is 19.6. The van der Waals surface area contributed by atoms with Crippen molar-refractivity contribution >= 4 is 34.6 Å². The zero-order chi connectivity index (χ0) is 29.3. The normalized spacial score (nSPS) is 23.0. The van der Waals surface area contributed by atoms with E-state index in [1.165, 1.54) is 23.0 Å². The molecule has 0 amide bonds. The second-order valence-electron chi connectivity index (χ2n) is 9.37. The van der Waals surface area contributed by atoms with E-state index in [0.29, 0.717) is 11.5 Å². The molecule has 0 radical (unpaired) electrons. The number of aliphatic hydroxyl groups is 2. The summed E-state index contributed by atoms with van der Waals surface area (Å²) in [5.41, 5.74) is -0.706. The highest BCUT2D eigenvalue weighted by Gasteiger charge is 2.56. The Morgan fingerprint density at radius 2 is 2.12 bits per heavy atom. The number of aliphatic carboxylic acids is 1. The van der Waals surface area contributed by atoms with E-state index in [1.807, 2.05) is 0 Å². The molecule has 5 atom stereocenters. The van der Waals surface area contributed by atoms with Crippen LogP contribution in [0.15, 0.2) is 41.2 Å². The first-order valence-corrected chi connectivity index (χ1v) is 12.7. The molecule has 0 spiro atoms. The minimum Gasteiger partial charge on any atom is -0.479 e. The molecule has 41 heavy (non-hydrogen) atoms. The van der Waals surface area contributed by atoms with Gasteiger partial charge in [-0.3, -0.25) is 4.57 Å². The molecule has 3 aromatic heterocycles. The van der Waals surface area contributed by atoms with Gasteiger partial charge < -0.3 is 34.6 Å². The summed E-state index contributed by atoms with van der Waals surface area (Å²) < 4.78 is 31.0. The highest BCUT2D eigenvalue weighted by Crippen LogP contribution is 2.39. The van der Waals surface area contributed by atoms with Crippen LogP contribution in [-0.4, -0.2) is 76.5 Å². The van der Waals surface area contributed by atoms with Crippen molar-refractivity contribution in [3.05, 3.63) is 64.8 Å². The number of hydrogen-bond donors (Lipinski definition) is 4. The fourth-order valence-corrected chi connectivity index (χ4v) is 4.59. The molecule has 4 aromatic rings. The van der Waals surface area contributed by atoms with E-state index in [9.17, 15) is 24.5 Å². The number of aliphatic hydroxyl groups excluding tert-OH is 1. The van der Waals surface area contributed by atoms with Crippen LogP contribution in [0.1, 0.15) is 23.2 Å². The Hall–Kier alpha value is -4.13. The van der Waals surface area contributed by atoms with Gasteiger partial charge in [0.05, 0.1) is 18.6 Å². The molecule has 15 heteroatoms. The quantitative estimate of drug-likeness (QED) is 0.157. The Labute approximate surface area is 236 Å². The van der Waals surface area contributed by atoms with Crippen LogP contribution in [0.4, 0.5) is 10.2 Å². The molecule has 0 bridgehead atoms. The number of imidazole rings is 1. The van der Waals surface area contributed by atoms with Gasteiger partial charge in [-0.15, -0.1) is 6.42 Å². The lowest BCUT2D eigenvalue weighted by atomic mass is 9.93. The Morgan fingerprint density at radius 3 is 2.78 bits per heavy atom. The number of aromatic nitrogens is 5. The van der Waals surface area contributed by atoms with E-state index < -0.39 is 42.7 Å². The summed E-state index contributed by atoms with van der Waals surface area (Å²) in [6.07, 6.45) is 1.08. The minimum absolute atomic E-state index is 0.116. The van der Waals surface area contributed by atoms with Crippen molar-refractivity contribution in [3.8, 4) is 12.3 Å². The van der Waals surface area contributed by atoms with Gasteiger partial charge in [0.25, 0.3) is 0 Å². The van der Waals surface area contributed by atoms with E-state index in [1.54, 1.807) is 25.1 Å². The van der Waals surface area contributed by atoms with Crippen LogP contribution in [0.5, 0.6) is 0 Å². The number of carbonyl (C=O) groups is 1. The number of fused-ring (bicyclic) bond motifs is 1. The molecular weight excluding hydrogens is 563 g/mol. The van der Waals surface area contributed by atoms with Crippen LogP contribution in [0.2, 0.25) is 5.28 Å². The van der Waals surface area contributed by atoms with E-state index in [0.717, 1.165) is 5.56 Å². The van der Waals surface area contributed by atoms with Gasteiger partial charge in [0.2, 0.25) is 5.28 Å². The lowest BCUT2D eigenvalue weighted by molar-refractivity contribution is -0.156. The molecular formula is C26H24ClFN6O7. The van der Waals surface area contributed by atoms with Crippen LogP contribution in [0, 0.1) is 25.1 Å². The maximum atomic E-state index is 13.2. The number of benzene rings is 1. The number of nitrogens with one attached hydrogen (secondary N) is 1. The Balaban J connectivity index is 1.36. The average Bonchev–Trinajstić information content (AvgIpc) is 3.62. The molecule has 5 rings (SSSR count). The van der Waals surface area contributed by atoms with Crippen molar-refractivity contribution in [2.24, 2.45) is 0 Å². The summed E-state index contributed by atoms with van der Waals surface area (Å²) in [4.78, 5) is 24.5. The SMILES string of the molecule is C#C[C@@]1(O)[C@@H](COC(Cc2cc(C)on2)C(=O)O)O[C@@H](n2cnc3c(NCc4ccc(F)cc4)nc(Cl)nc32)[C@@H]1O. The first-order valence-electron chi connectivity index (χ1n) is 12.3. The van der Waals surface area contributed by atoms with Gasteiger partial charge in [0, 0.05) is 19.0 Å². The standard InChI is InChI=1S/C26H24ClFN6O7/c1-3-26(38)18(11-39-17(24(36)37)9-16-8-13(2)41-33-16)40-23(20(26)35)34-12-30-19-21(31-25(27)32-22(19)34)29-10-14-4-6-15(28)7-5-14/h1,4-8,12,17-18,20,23,35,38H,9-11H2,2H3,(H,36,37)(H,29,31,32)/t17?,18-,20+,23-,26-/m1/s1. The maximum Gasteiger partial charge on any atom is 0.333 e. The topological polar surface area (TPSA) is 178 Å². The third-order valence-electron chi connectivity index (χ3n) is 6.58. The number of anilines is 1. The van der Waals surface area contributed by atoms with Crippen molar-refractivity contribution < 1.29 is 38.5 Å². The summed E-state index contributed by atoms with van der Waals surface area (Å²) in [5.74, 6) is 1.26. The van der Waals surface area contributed by atoms with E-state index in [4.69, 9.17) is 32.0 Å². The zero-order valence-corrected chi connectivity index (χ0v) is 22.2. The lowest BCUT2D eigenvalue weighted by Crippen LogP contribution is -2.48. The van der Waals surface area contributed by atoms with Crippen LogP contribution < -0.4 is 5.32 Å². The fraction of sp³-hybridized carbons (Fsp3) is 0.346. The van der Waals surface area contributed by atoms with Gasteiger partial charge >= 0.3 is 5.97 Å². The molecule has 0 aliphatic carbocycles. The van der Waals surface area contributed by atoms with E-state index >= 15 is 0 Å². The lowest BCUT2D eigenvalue weighted by Gasteiger charge is -2.26. The number of carboxylic acids is 1. The first kappa shape index (κ1) is 28.4. The second kappa shape index (κ2) is 11.4. The number of aryl methyl sites for hydroxylation is 1. The van der Waals surface area contributed by atoms with Gasteiger partial charge in [-0.05, 0) is 36.2 Å². The summed E-state index contributed by atoms with van der Waals surface area (Å²) in [7, 11) is 0. The highest BCUT2D eigenvalue weighted by atomic mass is 35.5. The second-order valence-corrected chi connectivity index (χ2v) is 9.71. The average molecular weight is 587 g/mol. The molecule has 214 valence electrons. The third kappa shape index (κ3) is 5.71. The summed E-state index contributed by atoms with van der Waals surface area (Å²) in [5, 5.41) is 38.5. The number of hydrogen-bond acceptors (Lipinski definition) is 11. The number of rotatable bonds is 10. The molecule has 4 N–H and O–H groups in total. The number of nitrogens with zero attached hydrogens (tertiary/aromatic N) is 5. The summed E-state index contributed by atoms with van der Waals surface area (Å²) in [6.45, 7) is 1.46. The fourth-order valence-electron chi connectivity index (χ4n) is 4.43. The van der Waals surface area contributed by atoms with Crippen molar-refractivity contribution in [2.75, 3.05) is 11.9 Å². The molecule has 13 nitrogen and oxygen atoms in total. The Morgan fingerprint density at radius 1 is 1.37 bits per heavy atom. The monoisotopic (exact) mass is 586 g/mol. The molecule has 1 unspecified atom stereocenters. The van der Waals surface area contributed by atoms with Gasteiger partial charge in [0.15, 0.2) is 34.9 Å². The smallest absolute Gasteiger partial charge is 0.333 e. The van der Waals surface area contributed by atoms with Crippen molar-refractivity contribution in [2.45, 2.75) is 50.0 Å². The van der Waals surface area contributed by atoms with Gasteiger partial charge in [-0.25, -0.2) is 14.2 Å². The Bertz CT molecular complexity index is 1610. The molecule has 4 heterocycles. The van der Waals surface area contributed by atoms with Crippen molar-refractivity contribution in [1.29, 1.82) is 0 Å². The van der Waals surface area contributed by atoms with Crippen LogP contribution >= 0.6 is 11.6 Å². The zero-order valence-electron chi connectivity index (χ0n) is 21.4. The summed E-state index contributed by atoms with van der Waals surface area (Å²) in [6, 6.07) is 7.44. The number of halogens is 2. The molecule has 1 aliphatic rings. The predicted octanol–water partition coefficient (Wildman–Crippen LogP) is 1.86. The number of terminal acetylenes is 1. The predicted molar refractivity (Wildman–Crippen MR) is 140 cm³/mol. The Kier molecular flexibility index (Phi) is 7.89. The van der Waals surface area contributed by atoms with Crippen LogP contribution in [-0.2, 0) is 27.2 Å². The molecule has 0 saturated carbocycles.